The van der Waals surface area contributed by atoms with Crippen LogP contribution in [0.1, 0.15) is 44.9 Å². The van der Waals surface area contributed by atoms with Crippen LogP contribution < -0.4 is 16.8 Å². The van der Waals surface area contributed by atoms with Crippen LogP contribution in [-0.2, 0) is 14.4 Å². The molecule has 6 N–H and O–H groups in total. The lowest BCUT2D eigenvalue weighted by atomic mass is 9.85. The highest BCUT2D eigenvalue weighted by atomic mass is 16.4. The van der Waals surface area contributed by atoms with E-state index in [0.29, 0.717) is 12.3 Å². The van der Waals surface area contributed by atoms with E-state index in [4.69, 9.17) is 16.6 Å². The summed E-state index contributed by atoms with van der Waals surface area (Å²) in [5.74, 6) is -2.09. The average Bonchev–Trinajstić information content (AvgIpc) is 2.38. The topological polar surface area (TPSA) is 136 Å². The van der Waals surface area contributed by atoms with Gasteiger partial charge in [0.2, 0.25) is 11.8 Å². The number of carboxylic acid groups (broad SMARTS) is 1. The highest BCUT2D eigenvalue weighted by Crippen LogP contribution is 2.27. The molecule has 1 rings (SSSR count). The van der Waals surface area contributed by atoms with Gasteiger partial charge in [0, 0.05) is 0 Å². The summed E-state index contributed by atoms with van der Waals surface area (Å²) in [5, 5.41) is 11.6. The molecular weight excluding hydrogens is 262 g/mol. The maximum Gasteiger partial charge on any atom is 0.326 e. The quantitative estimate of drug-likeness (QED) is 0.510. The maximum absolute atomic E-state index is 11.7. The molecule has 1 aliphatic carbocycles. The molecule has 0 bridgehead atoms. The van der Waals surface area contributed by atoms with Crippen LogP contribution in [0.15, 0.2) is 0 Å². The number of rotatable bonds is 7. The van der Waals surface area contributed by atoms with Crippen molar-refractivity contribution < 1.29 is 19.5 Å². The Morgan fingerprint density at radius 2 is 1.80 bits per heavy atom. The Bertz CT molecular complexity index is 367. The van der Waals surface area contributed by atoms with E-state index in [0.717, 1.165) is 25.7 Å². The number of carboxylic acids is 1. The number of carbonyl (C=O) groups excluding carboxylic acids is 2. The van der Waals surface area contributed by atoms with E-state index < -0.39 is 29.9 Å². The zero-order valence-electron chi connectivity index (χ0n) is 11.5. The number of aliphatic carboxylic acids is 1. The SMILES string of the molecule is NC(=O)C[C@H](N)C(=O)N[C@@H](CC1CCCCC1)C(=O)O. The molecule has 7 heteroatoms. The van der Waals surface area contributed by atoms with Crippen LogP contribution >= 0.6 is 0 Å². The molecule has 0 aromatic rings. The number of primary amides is 1. The monoisotopic (exact) mass is 285 g/mol. The third kappa shape index (κ3) is 5.56. The minimum Gasteiger partial charge on any atom is -0.480 e. The van der Waals surface area contributed by atoms with Gasteiger partial charge in [0.15, 0.2) is 0 Å². The first-order chi connectivity index (χ1) is 9.40. The van der Waals surface area contributed by atoms with Gasteiger partial charge in [-0.15, -0.1) is 0 Å². The second-order valence-corrected chi connectivity index (χ2v) is 5.42. The summed E-state index contributed by atoms with van der Waals surface area (Å²) in [6, 6.07) is -2.05. The predicted molar refractivity (Wildman–Crippen MR) is 72.5 cm³/mol. The molecule has 114 valence electrons. The first kappa shape index (κ1) is 16.4. The molecule has 0 heterocycles. The van der Waals surface area contributed by atoms with Gasteiger partial charge in [0.1, 0.15) is 6.04 Å². The van der Waals surface area contributed by atoms with Crippen molar-refractivity contribution in [3.8, 4) is 0 Å². The van der Waals surface area contributed by atoms with E-state index in [9.17, 15) is 14.4 Å². The first-order valence-corrected chi connectivity index (χ1v) is 6.97. The van der Waals surface area contributed by atoms with Crippen LogP contribution in [0.2, 0.25) is 0 Å². The second kappa shape index (κ2) is 7.84. The van der Waals surface area contributed by atoms with E-state index in [1.165, 1.54) is 6.42 Å². The van der Waals surface area contributed by atoms with Crippen molar-refractivity contribution in [3.05, 3.63) is 0 Å². The van der Waals surface area contributed by atoms with Gasteiger partial charge in [-0.1, -0.05) is 32.1 Å². The Hall–Kier alpha value is -1.63. The van der Waals surface area contributed by atoms with Crippen LogP contribution in [0.5, 0.6) is 0 Å². The van der Waals surface area contributed by atoms with Gasteiger partial charge in [-0.05, 0) is 12.3 Å². The summed E-state index contributed by atoms with van der Waals surface area (Å²) in [6.07, 6.45) is 5.49. The molecule has 1 aliphatic rings. The van der Waals surface area contributed by atoms with Crippen molar-refractivity contribution in [3.63, 3.8) is 0 Å². The zero-order valence-corrected chi connectivity index (χ0v) is 11.5. The highest BCUT2D eigenvalue weighted by Gasteiger charge is 2.27. The number of carbonyl (C=O) groups is 3. The summed E-state index contributed by atoms with van der Waals surface area (Å²) in [5.41, 5.74) is 10.4. The van der Waals surface area contributed by atoms with Crippen molar-refractivity contribution in [1.82, 2.24) is 5.32 Å². The molecule has 0 unspecified atom stereocenters. The van der Waals surface area contributed by atoms with Gasteiger partial charge >= 0.3 is 5.97 Å². The van der Waals surface area contributed by atoms with Gasteiger partial charge in [-0.2, -0.15) is 0 Å². The molecule has 1 saturated carbocycles. The summed E-state index contributed by atoms with van der Waals surface area (Å²) >= 11 is 0. The standard InChI is InChI=1S/C13H23N3O4/c14-9(7-11(15)17)12(18)16-10(13(19)20)6-8-4-2-1-3-5-8/h8-10H,1-7,14H2,(H2,15,17)(H,16,18)(H,19,20)/t9-,10-/m0/s1. The molecule has 1 fully saturated rings. The summed E-state index contributed by atoms with van der Waals surface area (Å²) in [6.45, 7) is 0. The molecule has 0 saturated heterocycles. The van der Waals surface area contributed by atoms with Crippen LogP contribution in [0, 0.1) is 5.92 Å². The van der Waals surface area contributed by atoms with Gasteiger partial charge in [-0.3, -0.25) is 9.59 Å². The van der Waals surface area contributed by atoms with Gasteiger partial charge in [-0.25, -0.2) is 4.79 Å². The molecule has 0 aliphatic heterocycles. The fourth-order valence-electron chi connectivity index (χ4n) is 2.57. The number of amides is 2. The molecule has 2 atom stereocenters. The lowest BCUT2D eigenvalue weighted by Crippen LogP contribution is -2.50. The molecule has 7 nitrogen and oxygen atoms in total. The lowest BCUT2D eigenvalue weighted by molar-refractivity contribution is -0.142. The van der Waals surface area contributed by atoms with Crippen LogP contribution in [0.25, 0.3) is 0 Å². The minimum absolute atomic E-state index is 0.290. The molecule has 0 aromatic carbocycles. The number of hydrogen-bond acceptors (Lipinski definition) is 4. The van der Waals surface area contributed by atoms with E-state index in [1.54, 1.807) is 0 Å². The fraction of sp³-hybridized carbons (Fsp3) is 0.769. The van der Waals surface area contributed by atoms with Gasteiger partial charge < -0.3 is 21.9 Å². The summed E-state index contributed by atoms with van der Waals surface area (Å²) < 4.78 is 0. The number of nitrogens with one attached hydrogen (secondary N) is 1. The molecule has 0 radical (unpaired) electrons. The third-order valence-corrected chi connectivity index (χ3v) is 3.67. The van der Waals surface area contributed by atoms with E-state index in [2.05, 4.69) is 5.32 Å². The van der Waals surface area contributed by atoms with Crippen molar-refractivity contribution in [2.45, 2.75) is 57.0 Å². The van der Waals surface area contributed by atoms with Gasteiger partial charge in [0.25, 0.3) is 0 Å². The Morgan fingerprint density at radius 1 is 1.20 bits per heavy atom. The molecule has 20 heavy (non-hydrogen) atoms. The van der Waals surface area contributed by atoms with Crippen LogP contribution in [-0.4, -0.2) is 35.0 Å². The largest absolute Gasteiger partial charge is 0.480 e. The first-order valence-electron chi connectivity index (χ1n) is 6.97. The summed E-state index contributed by atoms with van der Waals surface area (Å²) in [7, 11) is 0. The summed E-state index contributed by atoms with van der Waals surface area (Å²) in [4.78, 5) is 33.6. The second-order valence-electron chi connectivity index (χ2n) is 5.42. The average molecular weight is 285 g/mol. The van der Waals surface area contributed by atoms with E-state index in [-0.39, 0.29) is 6.42 Å². The fourth-order valence-corrected chi connectivity index (χ4v) is 2.57. The molecule has 0 aromatic heterocycles. The van der Waals surface area contributed by atoms with Gasteiger partial charge in [0.05, 0.1) is 12.5 Å². The lowest BCUT2D eigenvalue weighted by Gasteiger charge is -2.25. The maximum atomic E-state index is 11.7. The van der Waals surface area contributed by atoms with Crippen LogP contribution in [0.4, 0.5) is 0 Å². The zero-order chi connectivity index (χ0) is 15.1. The van der Waals surface area contributed by atoms with E-state index >= 15 is 0 Å². The van der Waals surface area contributed by atoms with Crippen molar-refractivity contribution >= 4 is 17.8 Å². The number of nitrogens with two attached hydrogens (primary N) is 2. The Morgan fingerprint density at radius 3 is 2.30 bits per heavy atom. The molecule has 2 amide bonds. The third-order valence-electron chi connectivity index (χ3n) is 3.67. The minimum atomic E-state index is -1.10. The van der Waals surface area contributed by atoms with Crippen molar-refractivity contribution in [2.75, 3.05) is 0 Å². The number of hydrogen-bond donors (Lipinski definition) is 4. The Labute approximate surface area is 118 Å². The normalized spacial score (nSPS) is 19.1. The highest BCUT2D eigenvalue weighted by molar-refractivity contribution is 5.90. The molecular formula is C13H23N3O4. The van der Waals surface area contributed by atoms with Crippen molar-refractivity contribution in [2.24, 2.45) is 17.4 Å². The Kier molecular flexibility index (Phi) is 6.44. The molecule has 0 spiro atoms. The van der Waals surface area contributed by atoms with Crippen LogP contribution in [0.3, 0.4) is 0 Å². The van der Waals surface area contributed by atoms with E-state index in [1.807, 2.05) is 0 Å². The predicted octanol–water partition coefficient (Wildman–Crippen LogP) is -0.271. The Balaban J connectivity index is 2.51. The van der Waals surface area contributed by atoms with Crippen molar-refractivity contribution in [1.29, 1.82) is 0 Å². The smallest absolute Gasteiger partial charge is 0.326 e.